The number of aliphatic carboxylic acids is 1. The van der Waals surface area contributed by atoms with Crippen molar-refractivity contribution in [2.75, 3.05) is 13.1 Å². The maximum atomic E-state index is 12.3. The summed E-state index contributed by atoms with van der Waals surface area (Å²) in [5, 5.41) is 10.9. The van der Waals surface area contributed by atoms with E-state index in [1.807, 2.05) is 30.3 Å². The van der Waals surface area contributed by atoms with Gasteiger partial charge >= 0.3 is 12.1 Å². The Morgan fingerprint density at radius 1 is 1.23 bits per heavy atom. The van der Waals surface area contributed by atoms with Crippen LogP contribution in [0.2, 0.25) is 0 Å². The summed E-state index contributed by atoms with van der Waals surface area (Å²) in [6.45, 7) is 6.53. The minimum absolute atomic E-state index is 0.0616. The molecule has 26 heavy (non-hydrogen) atoms. The van der Waals surface area contributed by atoms with Gasteiger partial charge < -0.3 is 14.6 Å². The Labute approximate surface area is 152 Å². The van der Waals surface area contributed by atoms with Crippen molar-refractivity contribution in [3.8, 4) is 5.88 Å². The van der Waals surface area contributed by atoms with Gasteiger partial charge in [0.05, 0.1) is 6.54 Å². The Kier molecular flexibility index (Phi) is 6.02. The number of carboxylic acid groups (broad SMARTS) is 1. The lowest BCUT2D eigenvalue weighted by Crippen LogP contribution is -2.44. The molecule has 0 aliphatic rings. The number of rotatable bonds is 6. The van der Waals surface area contributed by atoms with Crippen molar-refractivity contribution in [1.82, 2.24) is 9.88 Å². The van der Waals surface area contributed by atoms with E-state index in [-0.39, 0.29) is 6.54 Å². The summed E-state index contributed by atoms with van der Waals surface area (Å²) < 4.78 is 11.1. The summed E-state index contributed by atoms with van der Waals surface area (Å²) in [5.41, 5.74) is -0.713. The number of pyridine rings is 1. The molecule has 0 saturated carbocycles. The molecule has 0 aliphatic carbocycles. The molecule has 2 rings (SSSR count). The Morgan fingerprint density at radius 2 is 1.92 bits per heavy atom. The SMILES string of the molecule is C[C@H](CN(CC(=O)O)C(=O)OC(C)(C)C)Oc1nccc2ccccc12. The molecule has 7 nitrogen and oxygen atoms in total. The molecule has 7 heteroatoms. The van der Waals surface area contributed by atoms with E-state index in [9.17, 15) is 9.59 Å². The second-order valence-electron chi connectivity index (χ2n) is 7.02. The average Bonchev–Trinajstić information content (AvgIpc) is 2.52. The van der Waals surface area contributed by atoms with E-state index in [0.29, 0.717) is 5.88 Å². The highest BCUT2D eigenvalue weighted by molar-refractivity contribution is 5.86. The third-order valence-electron chi connectivity index (χ3n) is 3.41. The fraction of sp³-hybridized carbons (Fsp3) is 0.421. The number of amides is 1. The van der Waals surface area contributed by atoms with Crippen LogP contribution in [0.4, 0.5) is 4.79 Å². The monoisotopic (exact) mass is 360 g/mol. The standard InChI is InChI=1S/C19H24N2O5/c1-13(11-21(12-16(22)23)18(24)26-19(2,3)4)25-17-15-8-6-5-7-14(15)9-10-20-17/h5-10,13H,11-12H2,1-4H3,(H,22,23)/t13-/m1/s1. The van der Waals surface area contributed by atoms with Gasteiger partial charge in [0.15, 0.2) is 0 Å². The first kappa shape index (κ1) is 19.5. The summed E-state index contributed by atoms with van der Waals surface area (Å²) in [6, 6.07) is 9.54. The predicted octanol–water partition coefficient (Wildman–Crippen LogP) is 3.32. The Hall–Kier alpha value is -2.83. The van der Waals surface area contributed by atoms with Crippen molar-refractivity contribution >= 4 is 22.8 Å². The molecule has 1 amide bonds. The van der Waals surface area contributed by atoms with E-state index in [1.54, 1.807) is 33.9 Å². The number of nitrogens with zero attached hydrogens (tertiary/aromatic N) is 2. The van der Waals surface area contributed by atoms with Crippen LogP contribution in [-0.4, -0.2) is 51.8 Å². The van der Waals surface area contributed by atoms with Crippen LogP contribution in [0.25, 0.3) is 10.8 Å². The average molecular weight is 360 g/mol. The van der Waals surface area contributed by atoms with Crippen molar-refractivity contribution in [3.63, 3.8) is 0 Å². The van der Waals surface area contributed by atoms with E-state index >= 15 is 0 Å². The Morgan fingerprint density at radius 3 is 2.58 bits per heavy atom. The minimum Gasteiger partial charge on any atom is -0.480 e. The van der Waals surface area contributed by atoms with Crippen LogP contribution < -0.4 is 4.74 Å². The van der Waals surface area contributed by atoms with Crippen molar-refractivity contribution < 1.29 is 24.2 Å². The van der Waals surface area contributed by atoms with Gasteiger partial charge in [-0.2, -0.15) is 0 Å². The quantitative estimate of drug-likeness (QED) is 0.850. The van der Waals surface area contributed by atoms with Crippen molar-refractivity contribution in [2.45, 2.75) is 39.4 Å². The zero-order valence-corrected chi connectivity index (χ0v) is 15.4. The fourth-order valence-corrected chi connectivity index (χ4v) is 2.42. The van der Waals surface area contributed by atoms with Gasteiger partial charge in [-0.3, -0.25) is 9.69 Å². The zero-order valence-electron chi connectivity index (χ0n) is 15.4. The van der Waals surface area contributed by atoms with Crippen LogP contribution in [0.5, 0.6) is 5.88 Å². The topological polar surface area (TPSA) is 89.0 Å². The molecule has 1 N–H and O–H groups in total. The fourth-order valence-electron chi connectivity index (χ4n) is 2.42. The van der Waals surface area contributed by atoms with E-state index in [0.717, 1.165) is 15.7 Å². The molecule has 0 unspecified atom stereocenters. The highest BCUT2D eigenvalue weighted by Gasteiger charge is 2.26. The van der Waals surface area contributed by atoms with Crippen LogP contribution in [0, 0.1) is 0 Å². The van der Waals surface area contributed by atoms with E-state index in [1.165, 1.54) is 0 Å². The molecule has 0 saturated heterocycles. The van der Waals surface area contributed by atoms with Crippen molar-refractivity contribution in [1.29, 1.82) is 0 Å². The molecule has 0 aliphatic heterocycles. The molecular weight excluding hydrogens is 336 g/mol. The van der Waals surface area contributed by atoms with Gasteiger partial charge in [0, 0.05) is 11.6 Å². The van der Waals surface area contributed by atoms with Gasteiger partial charge in [0.25, 0.3) is 0 Å². The lowest BCUT2D eigenvalue weighted by Gasteiger charge is -2.28. The number of carbonyl (C=O) groups excluding carboxylic acids is 1. The summed E-state index contributed by atoms with van der Waals surface area (Å²) >= 11 is 0. The molecule has 0 fully saturated rings. The molecule has 1 heterocycles. The maximum absolute atomic E-state index is 12.3. The van der Waals surface area contributed by atoms with Crippen LogP contribution in [0.15, 0.2) is 36.5 Å². The molecule has 0 spiro atoms. The second kappa shape index (κ2) is 8.03. The molecule has 0 radical (unpaired) electrons. The van der Waals surface area contributed by atoms with Gasteiger partial charge in [0.1, 0.15) is 18.2 Å². The first-order valence-electron chi connectivity index (χ1n) is 8.36. The van der Waals surface area contributed by atoms with Crippen LogP contribution in [-0.2, 0) is 9.53 Å². The van der Waals surface area contributed by atoms with Gasteiger partial charge in [-0.05, 0) is 45.2 Å². The van der Waals surface area contributed by atoms with Gasteiger partial charge in [-0.15, -0.1) is 0 Å². The first-order chi connectivity index (χ1) is 12.2. The number of ether oxygens (including phenoxy) is 2. The van der Waals surface area contributed by atoms with E-state index < -0.39 is 30.3 Å². The van der Waals surface area contributed by atoms with Crippen LogP contribution in [0.3, 0.4) is 0 Å². The molecule has 1 atom stereocenters. The number of fused-ring (bicyclic) bond motifs is 1. The largest absolute Gasteiger partial charge is 0.480 e. The summed E-state index contributed by atoms with van der Waals surface area (Å²) in [6.07, 6.45) is 0.481. The number of benzene rings is 1. The lowest BCUT2D eigenvalue weighted by atomic mass is 10.2. The maximum Gasteiger partial charge on any atom is 0.410 e. The van der Waals surface area contributed by atoms with Gasteiger partial charge in [0.2, 0.25) is 5.88 Å². The van der Waals surface area contributed by atoms with Crippen molar-refractivity contribution in [2.24, 2.45) is 0 Å². The van der Waals surface area contributed by atoms with Crippen LogP contribution in [0.1, 0.15) is 27.7 Å². The third kappa shape index (κ3) is 5.61. The molecule has 1 aromatic carbocycles. The minimum atomic E-state index is -1.12. The number of hydrogen-bond acceptors (Lipinski definition) is 5. The Bertz CT molecular complexity index is 780. The molecule has 1 aromatic heterocycles. The summed E-state index contributed by atoms with van der Waals surface area (Å²) in [7, 11) is 0. The van der Waals surface area contributed by atoms with Crippen LogP contribution >= 0.6 is 0 Å². The smallest absolute Gasteiger partial charge is 0.410 e. The molecule has 140 valence electrons. The van der Waals surface area contributed by atoms with E-state index in [4.69, 9.17) is 14.6 Å². The molecular formula is C19H24N2O5. The van der Waals surface area contributed by atoms with Gasteiger partial charge in [-0.1, -0.05) is 18.2 Å². The number of hydrogen-bond donors (Lipinski definition) is 1. The number of aromatic nitrogens is 1. The normalized spacial score (nSPS) is 12.5. The molecule has 2 aromatic rings. The highest BCUT2D eigenvalue weighted by Crippen LogP contribution is 2.23. The number of carbonyl (C=O) groups is 2. The third-order valence-corrected chi connectivity index (χ3v) is 3.41. The lowest BCUT2D eigenvalue weighted by molar-refractivity contribution is -0.138. The second-order valence-corrected chi connectivity index (χ2v) is 7.02. The van der Waals surface area contributed by atoms with Crippen molar-refractivity contribution in [3.05, 3.63) is 36.5 Å². The number of carboxylic acids is 1. The molecule has 0 bridgehead atoms. The summed E-state index contributed by atoms with van der Waals surface area (Å²) in [5.74, 6) is -0.679. The van der Waals surface area contributed by atoms with E-state index in [2.05, 4.69) is 4.98 Å². The first-order valence-corrected chi connectivity index (χ1v) is 8.36. The summed E-state index contributed by atoms with van der Waals surface area (Å²) in [4.78, 5) is 28.7. The Balaban J connectivity index is 2.12. The zero-order chi connectivity index (χ0) is 19.3. The predicted molar refractivity (Wildman–Crippen MR) is 97.3 cm³/mol. The highest BCUT2D eigenvalue weighted by atomic mass is 16.6. The van der Waals surface area contributed by atoms with Gasteiger partial charge in [-0.25, -0.2) is 9.78 Å².